The summed E-state index contributed by atoms with van der Waals surface area (Å²) in [5, 5.41) is 15.4. The van der Waals surface area contributed by atoms with Crippen LogP contribution in [0, 0.1) is 11.6 Å². The second-order valence-corrected chi connectivity index (χ2v) is 6.15. The van der Waals surface area contributed by atoms with E-state index in [1.54, 1.807) is 0 Å². The van der Waals surface area contributed by atoms with Crippen LogP contribution in [0.5, 0.6) is 0 Å². The van der Waals surface area contributed by atoms with Crippen molar-refractivity contribution in [2.24, 2.45) is 0 Å². The van der Waals surface area contributed by atoms with E-state index in [0.29, 0.717) is 11.5 Å². The van der Waals surface area contributed by atoms with Crippen molar-refractivity contribution in [1.82, 2.24) is 4.98 Å². The third kappa shape index (κ3) is 4.23. The summed E-state index contributed by atoms with van der Waals surface area (Å²) in [6.07, 6.45) is 6.83. The van der Waals surface area contributed by atoms with Gasteiger partial charge < -0.3 is 15.7 Å². The van der Waals surface area contributed by atoms with Gasteiger partial charge in [0.2, 0.25) is 0 Å². The number of carbonyl (C=O) groups is 1. The maximum absolute atomic E-state index is 13.7. The van der Waals surface area contributed by atoms with Crippen LogP contribution in [0.15, 0.2) is 30.5 Å². The number of carboxylic acids is 1. The van der Waals surface area contributed by atoms with Gasteiger partial charge in [-0.2, -0.15) is 0 Å². The molecule has 0 aliphatic heterocycles. The molecule has 0 saturated heterocycles. The molecule has 0 unspecified atom stereocenters. The van der Waals surface area contributed by atoms with Gasteiger partial charge in [0, 0.05) is 12.1 Å². The van der Waals surface area contributed by atoms with Crippen LogP contribution in [0.1, 0.15) is 42.5 Å². The zero-order valence-electron chi connectivity index (χ0n) is 13.6. The summed E-state index contributed by atoms with van der Waals surface area (Å²) in [5.41, 5.74) is 0.378. The molecule has 3 rings (SSSR count). The molecule has 5 nitrogen and oxygen atoms in total. The number of rotatable bonds is 5. The predicted octanol–water partition coefficient (Wildman–Crippen LogP) is 4.55. The van der Waals surface area contributed by atoms with Crippen molar-refractivity contribution in [3.05, 3.63) is 47.7 Å². The summed E-state index contributed by atoms with van der Waals surface area (Å²) < 4.78 is 26.7. The zero-order chi connectivity index (χ0) is 17.8. The van der Waals surface area contributed by atoms with Crippen LogP contribution in [0.2, 0.25) is 0 Å². The standard InChI is InChI=1S/C18H19F2N3O2/c19-11-6-7-16(15(20)8-11)22-13-9-14(18(24)25)17(21-10-13)23-12-4-2-1-3-5-12/h6-10,12,22H,1-5H2,(H,21,23)(H,24,25). The first-order valence-electron chi connectivity index (χ1n) is 8.25. The molecule has 7 heteroatoms. The molecule has 1 aliphatic rings. The molecular weight excluding hydrogens is 328 g/mol. The van der Waals surface area contributed by atoms with Crippen molar-refractivity contribution in [3.8, 4) is 0 Å². The molecule has 0 atom stereocenters. The first-order chi connectivity index (χ1) is 12.0. The van der Waals surface area contributed by atoms with E-state index in [0.717, 1.165) is 37.8 Å². The normalized spacial score (nSPS) is 15.0. The van der Waals surface area contributed by atoms with Crippen LogP contribution >= 0.6 is 0 Å². The summed E-state index contributed by atoms with van der Waals surface area (Å²) in [7, 11) is 0. The summed E-state index contributed by atoms with van der Waals surface area (Å²) in [4.78, 5) is 15.7. The smallest absolute Gasteiger partial charge is 0.339 e. The molecule has 0 spiro atoms. The van der Waals surface area contributed by atoms with E-state index in [2.05, 4.69) is 15.6 Å². The van der Waals surface area contributed by atoms with Gasteiger partial charge in [-0.1, -0.05) is 19.3 Å². The summed E-state index contributed by atoms with van der Waals surface area (Å²) in [6, 6.07) is 4.73. The number of nitrogens with zero attached hydrogens (tertiary/aromatic N) is 1. The van der Waals surface area contributed by atoms with Crippen LogP contribution in [0.3, 0.4) is 0 Å². The average molecular weight is 347 g/mol. The lowest BCUT2D eigenvalue weighted by Crippen LogP contribution is -2.24. The maximum atomic E-state index is 13.7. The Morgan fingerprint density at radius 1 is 1.16 bits per heavy atom. The Bertz CT molecular complexity index is 777. The van der Waals surface area contributed by atoms with E-state index < -0.39 is 17.6 Å². The van der Waals surface area contributed by atoms with E-state index in [1.807, 2.05) is 0 Å². The molecule has 1 heterocycles. The minimum absolute atomic E-state index is 0.0121. The predicted molar refractivity (Wildman–Crippen MR) is 91.3 cm³/mol. The van der Waals surface area contributed by atoms with Crippen LogP contribution in [0.25, 0.3) is 0 Å². The van der Waals surface area contributed by atoms with Crippen molar-refractivity contribution < 1.29 is 18.7 Å². The lowest BCUT2D eigenvalue weighted by atomic mass is 9.95. The van der Waals surface area contributed by atoms with Gasteiger partial charge in [-0.3, -0.25) is 0 Å². The van der Waals surface area contributed by atoms with Crippen LogP contribution < -0.4 is 10.6 Å². The minimum Gasteiger partial charge on any atom is -0.478 e. The van der Waals surface area contributed by atoms with Crippen LogP contribution in [-0.2, 0) is 0 Å². The van der Waals surface area contributed by atoms with Crippen molar-refractivity contribution in [2.75, 3.05) is 10.6 Å². The highest BCUT2D eigenvalue weighted by atomic mass is 19.1. The Labute approximate surface area is 144 Å². The molecule has 1 saturated carbocycles. The molecule has 132 valence electrons. The lowest BCUT2D eigenvalue weighted by molar-refractivity contribution is 0.0697. The molecule has 25 heavy (non-hydrogen) atoms. The number of anilines is 3. The number of benzene rings is 1. The van der Waals surface area contributed by atoms with Gasteiger partial charge in [0.25, 0.3) is 0 Å². The molecule has 1 aromatic heterocycles. The van der Waals surface area contributed by atoms with Crippen LogP contribution in [-0.4, -0.2) is 22.1 Å². The number of halogens is 2. The number of carboxylic acid groups (broad SMARTS) is 1. The number of hydrogen-bond acceptors (Lipinski definition) is 4. The lowest BCUT2D eigenvalue weighted by Gasteiger charge is -2.24. The third-order valence-electron chi connectivity index (χ3n) is 4.27. The third-order valence-corrected chi connectivity index (χ3v) is 4.27. The van der Waals surface area contributed by atoms with Gasteiger partial charge >= 0.3 is 5.97 Å². The molecule has 3 N–H and O–H groups in total. The van der Waals surface area contributed by atoms with E-state index in [9.17, 15) is 18.7 Å². The van der Waals surface area contributed by atoms with Crippen LogP contribution in [0.4, 0.5) is 26.0 Å². The van der Waals surface area contributed by atoms with Gasteiger partial charge in [0.1, 0.15) is 23.0 Å². The van der Waals surface area contributed by atoms with Crippen molar-refractivity contribution >= 4 is 23.2 Å². The van der Waals surface area contributed by atoms with Gasteiger partial charge in [-0.15, -0.1) is 0 Å². The molecule has 1 aromatic carbocycles. The Hall–Kier alpha value is -2.70. The van der Waals surface area contributed by atoms with E-state index in [1.165, 1.54) is 24.8 Å². The summed E-state index contributed by atoms with van der Waals surface area (Å²) in [6.45, 7) is 0. The summed E-state index contributed by atoms with van der Waals surface area (Å²) >= 11 is 0. The molecule has 1 aliphatic carbocycles. The Kier molecular flexibility index (Phi) is 5.11. The fourth-order valence-corrected chi connectivity index (χ4v) is 3.00. The molecule has 0 radical (unpaired) electrons. The highest BCUT2D eigenvalue weighted by Crippen LogP contribution is 2.26. The first kappa shape index (κ1) is 17.1. The fraction of sp³-hybridized carbons (Fsp3) is 0.333. The monoisotopic (exact) mass is 347 g/mol. The molecule has 0 bridgehead atoms. The van der Waals surface area contributed by atoms with E-state index in [4.69, 9.17) is 0 Å². The Balaban J connectivity index is 1.81. The van der Waals surface area contributed by atoms with E-state index in [-0.39, 0.29) is 17.3 Å². The number of aromatic nitrogens is 1. The second kappa shape index (κ2) is 7.46. The molecular formula is C18H19F2N3O2. The van der Waals surface area contributed by atoms with Crippen molar-refractivity contribution in [1.29, 1.82) is 0 Å². The van der Waals surface area contributed by atoms with Gasteiger partial charge in [-0.25, -0.2) is 18.6 Å². The Morgan fingerprint density at radius 3 is 2.60 bits per heavy atom. The number of aromatic carboxylic acids is 1. The zero-order valence-corrected chi connectivity index (χ0v) is 13.6. The SMILES string of the molecule is O=C(O)c1cc(Nc2ccc(F)cc2F)cnc1NC1CCCCC1. The van der Waals surface area contributed by atoms with Crippen molar-refractivity contribution in [3.63, 3.8) is 0 Å². The molecule has 0 amide bonds. The molecule has 1 fully saturated rings. The van der Waals surface area contributed by atoms with Crippen molar-refractivity contribution in [2.45, 2.75) is 38.1 Å². The number of hydrogen-bond donors (Lipinski definition) is 3. The second-order valence-electron chi connectivity index (χ2n) is 6.15. The fourth-order valence-electron chi connectivity index (χ4n) is 3.00. The maximum Gasteiger partial charge on any atom is 0.339 e. The largest absolute Gasteiger partial charge is 0.478 e. The summed E-state index contributed by atoms with van der Waals surface area (Å²) in [5.74, 6) is -2.25. The van der Waals surface area contributed by atoms with Gasteiger partial charge in [-0.05, 0) is 31.0 Å². The highest BCUT2D eigenvalue weighted by Gasteiger charge is 2.19. The first-order valence-corrected chi connectivity index (χ1v) is 8.25. The topological polar surface area (TPSA) is 74.2 Å². The quantitative estimate of drug-likeness (QED) is 0.740. The average Bonchev–Trinajstić information content (AvgIpc) is 2.59. The Morgan fingerprint density at radius 2 is 1.92 bits per heavy atom. The van der Waals surface area contributed by atoms with Gasteiger partial charge in [0.05, 0.1) is 17.6 Å². The minimum atomic E-state index is -1.12. The highest BCUT2D eigenvalue weighted by molar-refractivity contribution is 5.94. The number of nitrogens with one attached hydrogen (secondary N) is 2. The van der Waals surface area contributed by atoms with Gasteiger partial charge in [0.15, 0.2) is 0 Å². The molecule has 2 aromatic rings. The van der Waals surface area contributed by atoms with E-state index >= 15 is 0 Å². The number of pyridine rings is 1.